The first-order valence-electron chi connectivity index (χ1n) is 12.4. The van der Waals surface area contributed by atoms with Crippen molar-refractivity contribution < 1.29 is 8.78 Å². The number of nitrogens with one attached hydrogen (secondary N) is 1. The fraction of sp³-hybridized carbons (Fsp3) is 0.172. The molecule has 38 heavy (non-hydrogen) atoms. The van der Waals surface area contributed by atoms with Crippen molar-refractivity contribution in [1.29, 1.82) is 0 Å². The van der Waals surface area contributed by atoms with Crippen LogP contribution in [0.4, 0.5) is 8.78 Å². The van der Waals surface area contributed by atoms with Crippen LogP contribution >= 0.6 is 0 Å². The number of rotatable bonds is 5. The van der Waals surface area contributed by atoms with E-state index in [-0.39, 0.29) is 11.9 Å². The molecule has 6 aromatic rings. The van der Waals surface area contributed by atoms with Gasteiger partial charge < -0.3 is 9.55 Å². The van der Waals surface area contributed by atoms with Gasteiger partial charge in [0.05, 0.1) is 23.7 Å². The Morgan fingerprint density at radius 2 is 1.92 bits per heavy atom. The van der Waals surface area contributed by atoms with Crippen molar-refractivity contribution >= 4 is 21.9 Å². The van der Waals surface area contributed by atoms with Gasteiger partial charge in [-0.3, -0.25) is 9.48 Å². The molecule has 1 aliphatic rings. The van der Waals surface area contributed by atoms with E-state index in [2.05, 4.69) is 20.1 Å². The molecule has 7 nitrogen and oxygen atoms in total. The maximum absolute atomic E-state index is 15.3. The molecule has 0 bridgehead atoms. The highest BCUT2D eigenvalue weighted by Crippen LogP contribution is 2.41. The van der Waals surface area contributed by atoms with Gasteiger partial charge in [-0.1, -0.05) is 18.2 Å². The maximum Gasteiger partial charge on any atom is 0.261 e. The van der Waals surface area contributed by atoms with E-state index in [9.17, 15) is 9.18 Å². The molecule has 4 aromatic heterocycles. The van der Waals surface area contributed by atoms with E-state index < -0.39 is 17.2 Å². The Morgan fingerprint density at radius 1 is 1.05 bits per heavy atom. The van der Waals surface area contributed by atoms with Crippen molar-refractivity contribution in [3.8, 4) is 22.5 Å². The summed E-state index contributed by atoms with van der Waals surface area (Å²) in [6.07, 6.45) is 8.90. The van der Waals surface area contributed by atoms with Crippen molar-refractivity contribution in [3.63, 3.8) is 0 Å². The fourth-order valence-electron chi connectivity index (χ4n) is 5.02. The van der Waals surface area contributed by atoms with Gasteiger partial charge in [0, 0.05) is 36.8 Å². The van der Waals surface area contributed by atoms with E-state index in [1.165, 1.54) is 16.7 Å². The molecule has 7 rings (SSSR count). The van der Waals surface area contributed by atoms with Gasteiger partial charge in [-0.2, -0.15) is 5.10 Å². The fourth-order valence-corrected chi connectivity index (χ4v) is 5.02. The number of hydrogen-bond acceptors (Lipinski definition) is 4. The number of H-pyrrole nitrogens is 1. The summed E-state index contributed by atoms with van der Waals surface area (Å²) in [7, 11) is 1.83. The third-order valence-corrected chi connectivity index (χ3v) is 7.17. The summed E-state index contributed by atoms with van der Waals surface area (Å²) in [5, 5.41) is 4.80. The number of aryl methyl sites for hydroxylation is 1. The van der Waals surface area contributed by atoms with Crippen molar-refractivity contribution in [2.75, 3.05) is 0 Å². The zero-order valence-corrected chi connectivity index (χ0v) is 20.4. The zero-order valence-electron chi connectivity index (χ0n) is 20.4. The Hall–Kier alpha value is -4.66. The monoisotopic (exact) mass is 508 g/mol. The van der Waals surface area contributed by atoms with Gasteiger partial charge in [0.1, 0.15) is 23.0 Å². The van der Waals surface area contributed by atoms with E-state index in [0.29, 0.717) is 39.4 Å². The first-order chi connectivity index (χ1) is 18.4. The minimum absolute atomic E-state index is 0.00990. The lowest BCUT2D eigenvalue weighted by Gasteiger charge is -2.11. The first-order valence-corrected chi connectivity index (χ1v) is 12.4. The lowest BCUT2D eigenvalue weighted by molar-refractivity contribution is 0.596. The Kier molecular flexibility index (Phi) is 5.01. The van der Waals surface area contributed by atoms with Crippen molar-refractivity contribution in [2.24, 2.45) is 7.05 Å². The molecule has 0 atom stereocenters. The summed E-state index contributed by atoms with van der Waals surface area (Å²) in [5.41, 5.74) is 4.17. The van der Waals surface area contributed by atoms with Crippen LogP contribution in [0.5, 0.6) is 0 Å². The topological polar surface area (TPSA) is 81.4 Å². The van der Waals surface area contributed by atoms with Crippen LogP contribution in [-0.2, 0) is 13.6 Å². The maximum atomic E-state index is 15.3. The molecule has 0 saturated heterocycles. The highest BCUT2D eigenvalue weighted by atomic mass is 19.1. The van der Waals surface area contributed by atoms with E-state index in [0.717, 1.165) is 29.5 Å². The predicted molar refractivity (Wildman–Crippen MR) is 141 cm³/mol. The van der Waals surface area contributed by atoms with Crippen LogP contribution in [-0.4, -0.2) is 29.3 Å². The van der Waals surface area contributed by atoms with Crippen LogP contribution in [0.1, 0.15) is 29.9 Å². The number of fused-ring (bicyclic) bond motifs is 2. The van der Waals surface area contributed by atoms with Crippen molar-refractivity contribution in [2.45, 2.75) is 25.3 Å². The molecule has 4 heterocycles. The molecule has 0 spiro atoms. The number of nitrogens with zero attached hydrogens (tertiary/aromatic N) is 5. The third-order valence-electron chi connectivity index (χ3n) is 7.17. The van der Waals surface area contributed by atoms with Gasteiger partial charge in [0.15, 0.2) is 5.65 Å². The Morgan fingerprint density at radius 3 is 2.68 bits per heavy atom. The predicted octanol–water partition coefficient (Wildman–Crippen LogP) is 5.54. The molecule has 1 N–H and O–H groups in total. The number of aromatic nitrogens is 6. The molecule has 0 amide bonds. The molecule has 0 radical (unpaired) electrons. The molecule has 1 fully saturated rings. The quantitative estimate of drug-likeness (QED) is 0.331. The van der Waals surface area contributed by atoms with Gasteiger partial charge >= 0.3 is 0 Å². The number of halogens is 2. The normalized spacial score (nSPS) is 13.6. The molecular formula is C29H22F2N6O. The van der Waals surface area contributed by atoms with E-state index in [1.807, 2.05) is 19.3 Å². The van der Waals surface area contributed by atoms with Crippen LogP contribution < -0.4 is 5.56 Å². The minimum atomic E-state index is -0.522. The standard InChI is InChI=1S/C29H22F2N6O/c1-36-14-21(13-33-36)27-34-26-22(6-8-32-28(26)35-27)17-4-5-19(23(30)11-17)15-37-9-7-18-10-20(16-2-3-16)12-24(31)25(18)29(37)38/h4-14,16H,2-3,15H2,1H3,(H,32,34,35). The molecular weight excluding hydrogens is 486 g/mol. The highest BCUT2D eigenvalue weighted by molar-refractivity contribution is 5.91. The van der Waals surface area contributed by atoms with E-state index >= 15 is 4.39 Å². The molecule has 9 heteroatoms. The Balaban J connectivity index is 1.23. The average Bonchev–Trinajstić information content (AvgIpc) is 3.52. The Bertz CT molecular complexity index is 1930. The Labute approximate surface area is 215 Å². The number of aromatic amines is 1. The smallest absolute Gasteiger partial charge is 0.261 e. The third kappa shape index (κ3) is 3.78. The molecule has 2 aromatic carbocycles. The number of pyridine rings is 2. The summed E-state index contributed by atoms with van der Waals surface area (Å²) >= 11 is 0. The van der Waals surface area contributed by atoms with Crippen molar-refractivity contribution in [1.82, 2.24) is 29.3 Å². The summed E-state index contributed by atoms with van der Waals surface area (Å²) in [5.74, 6) is 0.0178. The molecule has 0 unspecified atom stereocenters. The van der Waals surface area contributed by atoms with Crippen molar-refractivity contribution in [3.05, 3.63) is 100 Å². The lowest BCUT2D eigenvalue weighted by Crippen LogP contribution is -2.21. The summed E-state index contributed by atoms with van der Waals surface area (Å²) in [4.78, 5) is 25.3. The van der Waals surface area contributed by atoms with Crippen LogP contribution in [0.2, 0.25) is 0 Å². The average molecular weight is 509 g/mol. The van der Waals surface area contributed by atoms with E-state index in [1.54, 1.807) is 47.5 Å². The largest absolute Gasteiger partial charge is 0.323 e. The zero-order chi connectivity index (χ0) is 26.0. The van der Waals surface area contributed by atoms with Crippen LogP contribution in [0.3, 0.4) is 0 Å². The SMILES string of the molecule is Cn1cc(-c2nc3c(-c4ccc(Cn5ccc6cc(C7CC7)cc(F)c6c5=O)c(F)c4)ccnc3[nH]2)cn1. The van der Waals surface area contributed by atoms with Gasteiger partial charge in [0.2, 0.25) is 0 Å². The van der Waals surface area contributed by atoms with Gasteiger partial charge in [-0.05, 0) is 59.5 Å². The van der Waals surface area contributed by atoms with Gasteiger partial charge in [-0.25, -0.2) is 18.7 Å². The molecule has 188 valence electrons. The summed E-state index contributed by atoms with van der Waals surface area (Å²) in [6.45, 7) is -0.00990. The van der Waals surface area contributed by atoms with E-state index in [4.69, 9.17) is 0 Å². The second-order valence-electron chi connectivity index (χ2n) is 9.84. The minimum Gasteiger partial charge on any atom is -0.323 e. The molecule has 0 aliphatic heterocycles. The second-order valence-corrected chi connectivity index (χ2v) is 9.84. The summed E-state index contributed by atoms with van der Waals surface area (Å²) in [6, 6.07) is 11.7. The van der Waals surface area contributed by atoms with Crippen LogP contribution in [0.25, 0.3) is 44.5 Å². The lowest BCUT2D eigenvalue weighted by atomic mass is 10.0. The first kappa shape index (κ1) is 22.5. The summed E-state index contributed by atoms with van der Waals surface area (Å²) < 4.78 is 33.2. The highest BCUT2D eigenvalue weighted by Gasteiger charge is 2.25. The van der Waals surface area contributed by atoms with Gasteiger partial charge in [0.25, 0.3) is 5.56 Å². The molecule has 1 saturated carbocycles. The number of hydrogen-bond donors (Lipinski definition) is 1. The van der Waals surface area contributed by atoms with Crippen LogP contribution in [0.15, 0.2) is 72.0 Å². The van der Waals surface area contributed by atoms with Crippen LogP contribution in [0, 0.1) is 11.6 Å². The number of imidazole rings is 1. The second kappa shape index (κ2) is 8.44. The molecule has 1 aliphatic carbocycles. The van der Waals surface area contributed by atoms with Gasteiger partial charge in [-0.15, -0.1) is 0 Å². The number of benzene rings is 2.